The number of thioether (sulfide) groups is 1. The predicted octanol–water partition coefficient (Wildman–Crippen LogP) is 2.60. The van der Waals surface area contributed by atoms with Crippen LogP contribution in [0.3, 0.4) is 0 Å². The molecule has 0 saturated heterocycles. The van der Waals surface area contributed by atoms with Crippen molar-refractivity contribution < 1.29 is 18.3 Å². The molecule has 0 aromatic carbocycles. The van der Waals surface area contributed by atoms with E-state index in [-0.39, 0.29) is 11.9 Å². The summed E-state index contributed by atoms with van der Waals surface area (Å²) in [6.45, 7) is 2.90. The van der Waals surface area contributed by atoms with E-state index in [4.69, 9.17) is 4.42 Å². The van der Waals surface area contributed by atoms with Gasteiger partial charge in [0.15, 0.2) is 0 Å². The molecule has 1 aromatic heterocycles. The van der Waals surface area contributed by atoms with Crippen LogP contribution in [0, 0.1) is 0 Å². The molecule has 1 atom stereocenters. The topological polar surface area (TPSA) is 45.4 Å². The molecule has 1 heterocycles. The van der Waals surface area contributed by atoms with Crippen molar-refractivity contribution >= 4 is 11.8 Å². The third kappa shape index (κ3) is 6.05. The average molecular weight is 265 g/mol. The van der Waals surface area contributed by atoms with Crippen LogP contribution in [0.5, 0.6) is 0 Å². The summed E-state index contributed by atoms with van der Waals surface area (Å²) in [6.07, 6.45) is 0.334. The van der Waals surface area contributed by atoms with Crippen molar-refractivity contribution in [2.45, 2.75) is 37.5 Å². The molecule has 2 N–H and O–H groups in total. The van der Waals surface area contributed by atoms with Gasteiger partial charge in [-0.3, -0.25) is 0 Å². The smallest absolute Gasteiger partial charge is 0.284 e. The second-order valence-electron chi connectivity index (χ2n) is 3.63. The van der Waals surface area contributed by atoms with Gasteiger partial charge in [-0.1, -0.05) is 18.7 Å². The van der Waals surface area contributed by atoms with Crippen molar-refractivity contribution in [1.82, 2.24) is 5.32 Å². The monoisotopic (exact) mass is 265 g/mol. The van der Waals surface area contributed by atoms with Gasteiger partial charge >= 0.3 is 0 Å². The second-order valence-corrected chi connectivity index (χ2v) is 4.61. The van der Waals surface area contributed by atoms with Gasteiger partial charge in [0.25, 0.3) is 5.76 Å². The number of nitrogens with one attached hydrogen (secondary N) is 1. The van der Waals surface area contributed by atoms with Gasteiger partial charge in [0.2, 0.25) is 0 Å². The highest BCUT2D eigenvalue weighted by molar-refractivity contribution is 7.98. The standard InChI is InChI=1S/C11H17F2NO2S/c1-2-8(15)5-14-6-9-3-4-10(16-9)7-17-11(12)13/h3-4,8,11,14-15H,2,5-7H2,1H3. The van der Waals surface area contributed by atoms with E-state index < -0.39 is 5.76 Å². The normalized spacial score (nSPS) is 13.2. The zero-order valence-electron chi connectivity index (χ0n) is 9.66. The van der Waals surface area contributed by atoms with E-state index in [2.05, 4.69) is 5.32 Å². The van der Waals surface area contributed by atoms with Crippen LogP contribution in [0.25, 0.3) is 0 Å². The van der Waals surface area contributed by atoms with E-state index in [0.717, 1.165) is 0 Å². The first-order valence-electron chi connectivity index (χ1n) is 5.48. The minimum atomic E-state index is -2.37. The molecule has 17 heavy (non-hydrogen) atoms. The zero-order chi connectivity index (χ0) is 12.7. The van der Waals surface area contributed by atoms with E-state index in [9.17, 15) is 13.9 Å². The molecule has 0 fully saturated rings. The number of hydrogen-bond acceptors (Lipinski definition) is 4. The molecular formula is C11H17F2NO2S. The fourth-order valence-electron chi connectivity index (χ4n) is 1.25. The van der Waals surface area contributed by atoms with Crippen LogP contribution in [0.1, 0.15) is 24.9 Å². The number of hydrogen-bond donors (Lipinski definition) is 2. The second kappa shape index (κ2) is 7.68. The maximum atomic E-state index is 11.9. The van der Waals surface area contributed by atoms with Crippen LogP contribution in [-0.2, 0) is 12.3 Å². The van der Waals surface area contributed by atoms with Crippen molar-refractivity contribution in [3.63, 3.8) is 0 Å². The Kier molecular flexibility index (Phi) is 6.54. The number of halogens is 2. The Labute approximate surface area is 104 Å². The van der Waals surface area contributed by atoms with E-state index in [1.165, 1.54) is 0 Å². The first-order valence-corrected chi connectivity index (χ1v) is 6.52. The van der Waals surface area contributed by atoms with Gasteiger partial charge in [0, 0.05) is 6.54 Å². The molecular weight excluding hydrogens is 248 g/mol. The predicted molar refractivity (Wildman–Crippen MR) is 64.0 cm³/mol. The van der Waals surface area contributed by atoms with Crippen LogP contribution in [0.4, 0.5) is 8.78 Å². The minimum Gasteiger partial charge on any atom is -0.464 e. The number of furan rings is 1. The van der Waals surface area contributed by atoms with Crippen LogP contribution in [0.2, 0.25) is 0 Å². The lowest BCUT2D eigenvalue weighted by Gasteiger charge is -2.07. The third-order valence-corrected chi connectivity index (χ3v) is 2.92. The molecule has 0 bridgehead atoms. The maximum Gasteiger partial charge on any atom is 0.284 e. The van der Waals surface area contributed by atoms with Crippen LogP contribution in [-0.4, -0.2) is 23.5 Å². The number of alkyl halides is 2. The Morgan fingerprint density at radius 2 is 2.12 bits per heavy atom. The van der Waals surface area contributed by atoms with Crippen LogP contribution in [0.15, 0.2) is 16.5 Å². The summed E-state index contributed by atoms with van der Waals surface area (Å²) in [4.78, 5) is 0. The van der Waals surface area contributed by atoms with Crippen molar-refractivity contribution in [2.24, 2.45) is 0 Å². The molecule has 0 radical (unpaired) electrons. The molecule has 6 heteroatoms. The summed E-state index contributed by atoms with van der Waals surface area (Å²) in [5, 5.41) is 12.3. The molecule has 0 amide bonds. The Bertz CT molecular complexity index is 320. The Hall–Kier alpha value is -0.590. The summed E-state index contributed by atoms with van der Waals surface area (Å²) in [6, 6.07) is 3.45. The van der Waals surface area contributed by atoms with Gasteiger partial charge in [-0.2, -0.15) is 8.78 Å². The fraction of sp³-hybridized carbons (Fsp3) is 0.636. The van der Waals surface area contributed by atoms with Gasteiger partial charge in [-0.25, -0.2) is 0 Å². The van der Waals surface area contributed by atoms with E-state index in [1.807, 2.05) is 6.92 Å². The molecule has 1 unspecified atom stereocenters. The Balaban J connectivity index is 2.25. The SMILES string of the molecule is CCC(O)CNCc1ccc(CSC(F)F)o1. The van der Waals surface area contributed by atoms with Gasteiger partial charge in [0.05, 0.1) is 18.4 Å². The highest BCUT2D eigenvalue weighted by Gasteiger charge is 2.07. The molecule has 0 aliphatic rings. The van der Waals surface area contributed by atoms with Gasteiger partial charge in [-0.05, 0) is 18.6 Å². The largest absolute Gasteiger partial charge is 0.464 e. The van der Waals surface area contributed by atoms with Crippen molar-refractivity contribution in [3.8, 4) is 0 Å². The Morgan fingerprint density at radius 3 is 2.76 bits per heavy atom. The third-order valence-electron chi connectivity index (χ3n) is 2.22. The summed E-state index contributed by atoms with van der Waals surface area (Å²) < 4.78 is 29.2. The average Bonchev–Trinajstić information content (AvgIpc) is 2.74. The highest BCUT2D eigenvalue weighted by atomic mass is 32.2. The van der Waals surface area contributed by atoms with Crippen molar-refractivity contribution in [1.29, 1.82) is 0 Å². The molecule has 0 aliphatic carbocycles. The van der Waals surface area contributed by atoms with Crippen LogP contribution >= 0.6 is 11.8 Å². The van der Waals surface area contributed by atoms with Gasteiger partial charge in [0.1, 0.15) is 11.5 Å². The van der Waals surface area contributed by atoms with Gasteiger partial charge in [-0.15, -0.1) is 0 Å². The highest BCUT2D eigenvalue weighted by Crippen LogP contribution is 2.21. The molecule has 98 valence electrons. The maximum absolute atomic E-state index is 11.9. The first-order chi connectivity index (χ1) is 8.11. The number of rotatable bonds is 8. The van der Waals surface area contributed by atoms with E-state index in [1.54, 1.807) is 12.1 Å². The molecule has 0 aliphatic heterocycles. The molecule has 0 spiro atoms. The van der Waals surface area contributed by atoms with Crippen molar-refractivity contribution in [3.05, 3.63) is 23.7 Å². The summed E-state index contributed by atoms with van der Waals surface area (Å²) >= 11 is 0.543. The number of aliphatic hydroxyl groups is 1. The quantitative estimate of drug-likeness (QED) is 0.758. The van der Waals surface area contributed by atoms with Gasteiger partial charge < -0.3 is 14.8 Å². The van der Waals surface area contributed by atoms with Crippen LogP contribution < -0.4 is 5.32 Å². The Morgan fingerprint density at radius 1 is 1.41 bits per heavy atom. The molecule has 3 nitrogen and oxygen atoms in total. The first kappa shape index (κ1) is 14.5. The summed E-state index contributed by atoms with van der Waals surface area (Å²) in [5.41, 5.74) is 0. The molecule has 1 aromatic rings. The minimum absolute atomic E-state index is 0.176. The summed E-state index contributed by atoms with van der Waals surface area (Å²) in [5.74, 6) is -0.961. The fourth-order valence-corrected chi connectivity index (χ4v) is 1.69. The van der Waals surface area contributed by atoms with Crippen molar-refractivity contribution in [2.75, 3.05) is 6.54 Å². The lowest BCUT2D eigenvalue weighted by atomic mass is 10.3. The molecule has 1 rings (SSSR count). The zero-order valence-corrected chi connectivity index (χ0v) is 10.5. The lowest BCUT2D eigenvalue weighted by molar-refractivity contribution is 0.166. The number of aliphatic hydroxyl groups excluding tert-OH is 1. The lowest BCUT2D eigenvalue weighted by Crippen LogP contribution is -2.25. The van der Waals surface area contributed by atoms with E-state index >= 15 is 0 Å². The van der Waals surface area contributed by atoms with E-state index in [0.29, 0.717) is 42.8 Å². The molecule has 0 saturated carbocycles. The summed E-state index contributed by atoms with van der Waals surface area (Å²) in [7, 11) is 0.